The largest absolute Gasteiger partial charge is 0.476 e. The van der Waals surface area contributed by atoms with Crippen LogP contribution in [-0.2, 0) is 0 Å². The number of nitrogens with zero attached hydrogens (tertiary/aromatic N) is 4. The first-order chi connectivity index (χ1) is 8.79. The van der Waals surface area contributed by atoms with Crippen LogP contribution in [0.15, 0.2) is 18.6 Å². The Morgan fingerprint density at radius 2 is 2.28 bits per heavy atom. The van der Waals surface area contributed by atoms with Crippen molar-refractivity contribution in [3.05, 3.63) is 24.3 Å². The lowest BCUT2D eigenvalue weighted by Gasteiger charge is -2.08. The van der Waals surface area contributed by atoms with Crippen molar-refractivity contribution in [1.82, 2.24) is 19.7 Å². The summed E-state index contributed by atoms with van der Waals surface area (Å²) in [6, 6.07) is 2.01. The van der Waals surface area contributed by atoms with Crippen LogP contribution >= 0.6 is 0 Å². The SMILES string of the molecule is CCOc1ncnc(-n2ccc(C3CC3)n2)c1N. The second kappa shape index (κ2) is 4.29. The Kier molecular flexibility index (Phi) is 2.62. The third-order valence-corrected chi connectivity index (χ3v) is 2.93. The molecule has 6 nitrogen and oxygen atoms in total. The third kappa shape index (κ3) is 1.90. The van der Waals surface area contributed by atoms with Crippen molar-refractivity contribution < 1.29 is 4.74 Å². The minimum absolute atomic E-state index is 0.408. The van der Waals surface area contributed by atoms with Crippen molar-refractivity contribution >= 4 is 5.69 Å². The van der Waals surface area contributed by atoms with Gasteiger partial charge in [0.25, 0.3) is 0 Å². The molecule has 94 valence electrons. The highest BCUT2D eigenvalue weighted by Gasteiger charge is 2.26. The van der Waals surface area contributed by atoms with E-state index in [1.807, 2.05) is 19.2 Å². The quantitative estimate of drug-likeness (QED) is 0.883. The van der Waals surface area contributed by atoms with Crippen LogP contribution in [0.25, 0.3) is 5.82 Å². The fourth-order valence-corrected chi connectivity index (χ4v) is 1.86. The molecule has 1 fully saturated rings. The highest BCUT2D eigenvalue weighted by molar-refractivity contribution is 5.59. The Labute approximate surface area is 105 Å². The summed E-state index contributed by atoms with van der Waals surface area (Å²) in [7, 11) is 0. The first-order valence-corrected chi connectivity index (χ1v) is 6.08. The second-order valence-corrected chi connectivity index (χ2v) is 4.31. The molecule has 0 saturated heterocycles. The topological polar surface area (TPSA) is 78.9 Å². The molecule has 2 heterocycles. The summed E-state index contributed by atoms with van der Waals surface area (Å²) in [5.41, 5.74) is 7.52. The van der Waals surface area contributed by atoms with Gasteiger partial charge in [0.1, 0.15) is 12.0 Å². The zero-order chi connectivity index (χ0) is 12.5. The van der Waals surface area contributed by atoms with E-state index in [1.54, 1.807) is 4.68 Å². The molecule has 18 heavy (non-hydrogen) atoms. The van der Waals surface area contributed by atoms with E-state index in [0.717, 1.165) is 5.69 Å². The molecule has 1 aliphatic carbocycles. The fourth-order valence-electron chi connectivity index (χ4n) is 1.86. The highest BCUT2D eigenvalue weighted by atomic mass is 16.5. The number of ether oxygens (including phenoxy) is 1. The van der Waals surface area contributed by atoms with Gasteiger partial charge in [-0.2, -0.15) is 10.1 Å². The first kappa shape index (κ1) is 11.0. The molecule has 0 spiro atoms. The van der Waals surface area contributed by atoms with Gasteiger partial charge in [0, 0.05) is 12.1 Å². The van der Waals surface area contributed by atoms with E-state index < -0.39 is 0 Å². The maximum atomic E-state index is 5.99. The van der Waals surface area contributed by atoms with Gasteiger partial charge in [-0.3, -0.25) is 0 Å². The van der Waals surface area contributed by atoms with Gasteiger partial charge in [0.15, 0.2) is 5.82 Å². The second-order valence-electron chi connectivity index (χ2n) is 4.31. The van der Waals surface area contributed by atoms with Crippen LogP contribution in [0, 0.1) is 0 Å². The Balaban J connectivity index is 1.96. The van der Waals surface area contributed by atoms with Crippen molar-refractivity contribution in [1.29, 1.82) is 0 Å². The van der Waals surface area contributed by atoms with Gasteiger partial charge in [-0.1, -0.05) is 0 Å². The van der Waals surface area contributed by atoms with Crippen molar-refractivity contribution in [2.24, 2.45) is 0 Å². The van der Waals surface area contributed by atoms with Crippen molar-refractivity contribution in [2.45, 2.75) is 25.7 Å². The fraction of sp³-hybridized carbons (Fsp3) is 0.417. The number of hydrogen-bond acceptors (Lipinski definition) is 5. The molecule has 0 atom stereocenters. The lowest BCUT2D eigenvalue weighted by molar-refractivity contribution is 0.328. The molecule has 0 amide bonds. The number of nitrogens with two attached hydrogens (primary N) is 1. The Bertz CT molecular complexity index is 561. The standard InChI is InChI=1S/C12H15N5O/c1-2-18-12-10(13)11(14-7-15-12)17-6-5-9(16-17)8-3-4-8/h5-8H,2-4,13H2,1H3. The molecule has 0 bridgehead atoms. The van der Waals surface area contributed by atoms with Crippen LogP contribution in [0.3, 0.4) is 0 Å². The maximum Gasteiger partial charge on any atom is 0.242 e. The van der Waals surface area contributed by atoms with E-state index in [1.165, 1.54) is 19.2 Å². The molecule has 3 rings (SSSR count). The van der Waals surface area contributed by atoms with Crippen LogP contribution < -0.4 is 10.5 Å². The molecule has 6 heteroatoms. The van der Waals surface area contributed by atoms with Gasteiger partial charge in [-0.25, -0.2) is 9.67 Å². The molecule has 2 aromatic rings. The van der Waals surface area contributed by atoms with Crippen molar-refractivity contribution in [2.75, 3.05) is 12.3 Å². The predicted molar refractivity (Wildman–Crippen MR) is 66.7 cm³/mol. The normalized spacial score (nSPS) is 14.7. The predicted octanol–water partition coefficient (Wildman–Crippen LogP) is 1.52. The number of aromatic nitrogens is 4. The van der Waals surface area contributed by atoms with Crippen LogP contribution in [0.5, 0.6) is 5.88 Å². The summed E-state index contributed by atoms with van der Waals surface area (Å²) in [5, 5.41) is 4.50. The third-order valence-electron chi connectivity index (χ3n) is 2.93. The average Bonchev–Trinajstić information content (AvgIpc) is 3.11. The maximum absolute atomic E-state index is 5.99. The lowest BCUT2D eigenvalue weighted by atomic mass is 10.3. The van der Waals surface area contributed by atoms with Gasteiger partial charge in [-0.15, -0.1) is 0 Å². The molecule has 1 aliphatic rings. The number of rotatable bonds is 4. The van der Waals surface area contributed by atoms with Gasteiger partial charge >= 0.3 is 0 Å². The van der Waals surface area contributed by atoms with Gasteiger partial charge in [0.05, 0.1) is 12.3 Å². The Morgan fingerprint density at radius 3 is 3.00 bits per heavy atom. The van der Waals surface area contributed by atoms with Crippen LogP contribution in [-0.4, -0.2) is 26.4 Å². The zero-order valence-corrected chi connectivity index (χ0v) is 10.2. The van der Waals surface area contributed by atoms with Crippen LogP contribution in [0.2, 0.25) is 0 Å². The summed E-state index contributed by atoms with van der Waals surface area (Å²) in [6.45, 7) is 2.41. The number of anilines is 1. The minimum atomic E-state index is 0.408. The summed E-state index contributed by atoms with van der Waals surface area (Å²) < 4.78 is 7.04. The smallest absolute Gasteiger partial charge is 0.242 e. The summed E-state index contributed by atoms with van der Waals surface area (Å²) in [5.74, 6) is 1.59. The minimum Gasteiger partial charge on any atom is -0.476 e. The van der Waals surface area contributed by atoms with Gasteiger partial charge in [0.2, 0.25) is 5.88 Å². The van der Waals surface area contributed by atoms with Crippen molar-refractivity contribution in [3.8, 4) is 11.7 Å². The summed E-state index contributed by atoms with van der Waals surface area (Å²) >= 11 is 0. The Hall–Kier alpha value is -2.11. The van der Waals surface area contributed by atoms with E-state index in [-0.39, 0.29) is 0 Å². The summed E-state index contributed by atoms with van der Waals surface area (Å²) in [6.07, 6.45) is 5.76. The zero-order valence-electron chi connectivity index (χ0n) is 10.2. The molecule has 0 aliphatic heterocycles. The molecule has 2 aromatic heterocycles. The molecule has 0 unspecified atom stereocenters. The van der Waals surface area contributed by atoms with Crippen LogP contribution in [0.1, 0.15) is 31.4 Å². The first-order valence-electron chi connectivity index (χ1n) is 6.08. The molecule has 0 aromatic carbocycles. The number of hydrogen-bond donors (Lipinski definition) is 1. The van der Waals surface area contributed by atoms with Gasteiger partial charge in [-0.05, 0) is 25.8 Å². The molecule has 0 radical (unpaired) electrons. The highest BCUT2D eigenvalue weighted by Crippen LogP contribution is 2.39. The van der Waals surface area contributed by atoms with Crippen LogP contribution in [0.4, 0.5) is 5.69 Å². The molecule has 2 N–H and O–H groups in total. The molecular weight excluding hydrogens is 230 g/mol. The Morgan fingerprint density at radius 1 is 1.44 bits per heavy atom. The molecular formula is C12H15N5O. The average molecular weight is 245 g/mol. The lowest BCUT2D eigenvalue weighted by Crippen LogP contribution is -2.08. The van der Waals surface area contributed by atoms with E-state index in [4.69, 9.17) is 10.5 Å². The van der Waals surface area contributed by atoms with E-state index in [0.29, 0.717) is 29.9 Å². The summed E-state index contributed by atoms with van der Waals surface area (Å²) in [4.78, 5) is 8.18. The van der Waals surface area contributed by atoms with E-state index in [9.17, 15) is 0 Å². The van der Waals surface area contributed by atoms with Gasteiger partial charge < -0.3 is 10.5 Å². The molecule has 1 saturated carbocycles. The van der Waals surface area contributed by atoms with Crippen molar-refractivity contribution in [3.63, 3.8) is 0 Å². The monoisotopic (exact) mass is 245 g/mol. The van der Waals surface area contributed by atoms with E-state index >= 15 is 0 Å². The van der Waals surface area contributed by atoms with E-state index in [2.05, 4.69) is 15.1 Å². The number of nitrogen functional groups attached to an aromatic ring is 1.